The number of likely N-dealkylation sites (N-methyl/N-ethyl adjacent to an activating group) is 1. The number of likely N-dealkylation sites (tertiary alicyclic amines) is 1. The van der Waals surface area contributed by atoms with Crippen LogP contribution in [-0.4, -0.2) is 68.9 Å². The highest BCUT2D eigenvalue weighted by Gasteiger charge is 2.56. The van der Waals surface area contributed by atoms with Gasteiger partial charge in [0, 0.05) is 18.4 Å². The number of amides is 2. The monoisotopic (exact) mass is 485 g/mol. The number of benzene rings is 1. The average Bonchev–Trinajstić information content (AvgIpc) is 3.17. The first kappa shape index (κ1) is 26.0. The van der Waals surface area contributed by atoms with Gasteiger partial charge < -0.3 is 21.1 Å². The number of nitrogens with two attached hydrogens (primary N) is 1. The number of aromatic nitrogens is 2. The summed E-state index contributed by atoms with van der Waals surface area (Å²) in [5.74, 6) is -0.957. The molecule has 1 unspecified atom stereocenters. The lowest BCUT2D eigenvalue weighted by molar-refractivity contribution is -0.0279. The number of piperidine rings is 1. The predicted molar refractivity (Wildman–Crippen MR) is 129 cm³/mol. The van der Waals surface area contributed by atoms with Crippen LogP contribution in [0.5, 0.6) is 0 Å². The number of nitriles is 1. The second-order valence-electron chi connectivity index (χ2n) is 10.3. The normalized spacial score (nSPS) is 22.6. The lowest BCUT2D eigenvalue weighted by Gasteiger charge is -2.53. The molecular formula is C24H32FN7O3. The van der Waals surface area contributed by atoms with Crippen molar-refractivity contribution in [3.63, 3.8) is 0 Å². The average molecular weight is 486 g/mol. The molecule has 188 valence electrons. The van der Waals surface area contributed by atoms with Gasteiger partial charge in [-0.1, -0.05) is 20.8 Å². The Kier molecular flexibility index (Phi) is 7.08. The first-order valence-corrected chi connectivity index (χ1v) is 11.3. The SMILES string of the molecule is CN(C)[C@@]1(C#N)C(CC(C)(C)C)N(C(=O)O)CC[C@@H]1n1cc(C(N)=O)c(Nc2ccc(F)cc2)n1. The van der Waals surface area contributed by atoms with Gasteiger partial charge in [-0.25, -0.2) is 9.18 Å². The van der Waals surface area contributed by atoms with Crippen molar-refractivity contribution >= 4 is 23.5 Å². The van der Waals surface area contributed by atoms with Gasteiger partial charge in [0.25, 0.3) is 5.91 Å². The molecule has 1 aliphatic heterocycles. The number of rotatable bonds is 6. The number of primary amides is 1. The van der Waals surface area contributed by atoms with E-state index in [9.17, 15) is 24.3 Å². The molecule has 10 nitrogen and oxygen atoms in total. The van der Waals surface area contributed by atoms with Crippen LogP contribution in [-0.2, 0) is 0 Å². The minimum atomic E-state index is -1.28. The summed E-state index contributed by atoms with van der Waals surface area (Å²) in [6, 6.07) is 6.73. The summed E-state index contributed by atoms with van der Waals surface area (Å²) in [5, 5.41) is 28.1. The molecule has 0 radical (unpaired) electrons. The number of hydrogen-bond acceptors (Lipinski definition) is 6. The van der Waals surface area contributed by atoms with Crippen molar-refractivity contribution in [2.45, 2.75) is 51.2 Å². The maximum atomic E-state index is 13.3. The number of anilines is 2. The maximum Gasteiger partial charge on any atom is 0.407 e. The third kappa shape index (κ3) is 5.07. The first-order chi connectivity index (χ1) is 16.3. The fourth-order valence-electron chi connectivity index (χ4n) is 4.84. The molecule has 3 rings (SSSR count). The number of carboxylic acid groups (broad SMARTS) is 1. The van der Waals surface area contributed by atoms with Gasteiger partial charge in [0.05, 0.1) is 18.2 Å². The van der Waals surface area contributed by atoms with Crippen molar-refractivity contribution in [3.8, 4) is 6.07 Å². The van der Waals surface area contributed by atoms with E-state index < -0.39 is 35.4 Å². The van der Waals surface area contributed by atoms with Crippen LogP contribution in [0.15, 0.2) is 30.5 Å². The third-order valence-corrected chi connectivity index (χ3v) is 6.43. The molecular weight excluding hydrogens is 453 g/mol. The zero-order valence-electron chi connectivity index (χ0n) is 20.6. The number of halogens is 1. The largest absolute Gasteiger partial charge is 0.465 e. The minimum Gasteiger partial charge on any atom is -0.465 e. The highest BCUT2D eigenvalue weighted by Crippen LogP contribution is 2.44. The van der Waals surface area contributed by atoms with Crippen molar-refractivity contribution in [1.82, 2.24) is 19.6 Å². The number of nitrogens with one attached hydrogen (secondary N) is 1. The van der Waals surface area contributed by atoms with E-state index in [1.807, 2.05) is 20.8 Å². The highest BCUT2D eigenvalue weighted by molar-refractivity contribution is 5.98. The molecule has 0 spiro atoms. The topological polar surface area (TPSA) is 141 Å². The molecule has 2 aromatic rings. The fraction of sp³-hybridized carbons (Fsp3) is 0.500. The molecule has 4 N–H and O–H groups in total. The highest BCUT2D eigenvalue weighted by atomic mass is 19.1. The zero-order valence-corrected chi connectivity index (χ0v) is 20.6. The minimum absolute atomic E-state index is 0.105. The van der Waals surface area contributed by atoms with Crippen LogP contribution < -0.4 is 11.1 Å². The summed E-state index contributed by atoms with van der Waals surface area (Å²) >= 11 is 0. The molecule has 0 aliphatic carbocycles. The van der Waals surface area contributed by atoms with Gasteiger partial charge in [-0.3, -0.25) is 14.4 Å². The van der Waals surface area contributed by atoms with E-state index in [-0.39, 0.29) is 23.3 Å². The molecule has 0 saturated carbocycles. The quantitative estimate of drug-likeness (QED) is 0.569. The van der Waals surface area contributed by atoms with E-state index in [0.717, 1.165) is 0 Å². The molecule has 1 aromatic heterocycles. The zero-order chi connectivity index (χ0) is 26.1. The Balaban J connectivity index is 2.13. The Bertz CT molecular complexity index is 1130. The van der Waals surface area contributed by atoms with E-state index in [0.29, 0.717) is 18.5 Å². The Hall–Kier alpha value is -3.65. The van der Waals surface area contributed by atoms with Crippen LogP contribution in [0.1, 0.15) is 50.0 Å². The number of hydrogen-bond donors (Lipinski definition) is 3. The van der Waals surface area contributed by atoms with Crippen molar-refractivity contribution in [2.24, 2.45) is 11.1 Å². The summed E-state index contributed by atoms with van der Waals surface area (Å²) in [6.45, 7) is 6.19. The lowest BCUT2D eigenvalue weighted by atomic mass is 9.71. The lowest BCUT2D eigenvalue weighted by Crippen LogP contribution is -2.68. The van der Waals surface area contributed by atoms with E-state index in [1.54, 1.807) is 19.0 Å². The van der Waals surface area contributed by atoms with E-state index in [2.05, 4.69) is 16.5 Å². The van der Waals surface area contributed by atoms with Crippen molar-refractivity contribution in [1.29, 1.82) is 5.26 Å². The first-order valence-electron chi connectivity index (χ1n) is 11.3. The van der Waals surface area contributed by atoms with Crippen molar-refractivity contribution < 1.29 is 19.1 Å². The van der Waals surface area contributed by atoms with Crippen LogP contribution in [0.2, 0.25) is 0 Å². The predicted octanol–water partition coefficient (Wildman–Crippen LogP) is 3.42. The molecule has 2 amide bonds. The van der Waals surface area contributed by atoms with Gasteiger partial charge in [-0.05, 0) is 56.6 Å². The standard InChI is InChI=1S/C24H32FN7O3/c1-23(2,3)12-19-24(14-26,30(4)5)18(10-11-31(19)22(34)35)32-13-17(20(27)33)21(29-32)28-16-8-6-15(25)7-9-16/h6-9,13,18-19H,10-12H2,1-5H3,(H2,27,33)(H,28,29)(H,34,35)/t18-,19?,24+/m0/s1. The summed E-state index contributed by atoms with van der Waals surface area (Å²) in [6.07, 6.45) is 1.14. The number of carbonyl (C=O) groups is 2. The van der Waals surface area contributed by atoms with Gasteiger partial charge in [-0.2, -0.15) is 10.4 Å². The van der Waals surface area contributed by atoms with Gasteiger partial charge in [0.15, 0.2) is 11.4 Å². The number of carbonyl (C=O) groups excluding carboxylic acids is 1. The smallest absolute Gasteiger partial charge is 0.407 e. The van der Waals surface area contributed by atoms with Crippen LogP contribution in [0.4, 0.5) is 20.7 Å². The molecule has 0 bridgehead atoms. The molecule has 2 heterocycles. The summed E-state index contributed by atoms with van der Waals surface area (Å²) < 4.78 is 14.9. The Morgan fingerprint density at radius 1 is 1.34 bits per heavy atom. The molecule has 11 heteroatoms. The summed E-state index contributed by atoms with van der Waals surface area (Å²) in [4.78, 5) is 27.5. The Morgan fingerprint density at radius 3 is 2.46 bits per heavy atom. The van der Waals surface area contributed by atoms with E-state index >= 15 is 0 Å². The van der Waals surface area contributed by atoms with Crippen molar-refractivity contribution in [3.05, 3.63) is 41.8 Å². The summed E-state index contributed by atoms with van der Waals surface area (Å²) in [5.41, 5.74) is 4.68. The second kappa shape index (κ2) is 9.54. The molecule has 1 fully saturated rings. The molecule has 1 aliphatic rings. The van der Waals surface area contributed by atoms with Crippen LogP contribution in [0.3, 0.4) is 0 Å². The third-order valence-electron chi connectivity index (χ3n) is 6.43. The second-order valence-corrected chi connectivity index (χ2v) is 10.3. The van der Waals surface area contributed by atoms with Gasteiger partial charge >= 0.3 is 6.09 Å². The number of nitrogens with zero attached hydrogens (tertiary/aromatic N) is 5. The van der Waals surface area contributed by atoms with Crippen molar-refractivity contribution in [2.75, 3.05) is 26.0 Å². The Morgan fingerprint density at radius 2 is 1.97 bits per heavy atom. The Labute approximate surface area is 204 Å². The molecule has 3 atom stereocenters. The van der Waals surface area contributed by atoms with Gasteiger partial charge in [-0.15, -0.1) is 0 Å². The maximum absolute atomic E-state index is 13.3. The van der Waals surface area contributed by atoms with Crippen LogP contribution in [0, 0.1) is 22.6 Å². The van der Waals surface area contributed by atoms with Gasteiger partial charge in [0.2, 0.25) is 0 Å². The van der Waals surface area contributed by atoms with Crippen LogP contribution in [0.25, 0.3) is 0 Å². The molecule has 35 heavy (non-hydrogen) atoms. The van der Waals surface area contributed by atoms with Gasteiger partial charge in [0.1, 0.15) is 11.4 Å². The molecule has 1 aromatic carbocycles. The van der Waals surface area contributed by atoms with E-state index in [4.69, 9.17) is 5.73 Å². The van der Waals surface area contributed by atoms with Crippen LogP contribution >= 0.6 is 0 Å². The fourth-order valence-corrected chi connectivity index (χ4v) is 4.84. The van der Waals surface area contributed by atoms with E-state index in [1.165, 1.54) is 40.0 Å². The summed E-state index contributed by atoms with van der Waals surface area (Å²) in [7, 11) is 3.49. The molecule has 1 saturated heterocycles.